The van der Waals surface area contributed by atoms with Crippen LogP contribution in [0.5, 0.6) is 0 Å². The predicted molar refractivity (Wildman–Crippen MR) is 153 cm³/mol. The van der Waals surface area contributed by atoms with E-state index in [2.05, 4.69) is 52.2 Å². The minimum atomic E-state index is -1.48. The number of hydrogen-bond donors (Lipinski definition) is 1. The molecule has 0 saturated carbocycles. The summed E-state index contributed by atoms with van der Waals surface area (Å²) in [6.45, 7) is 8.59. The fourth-order valence-electron chi connectivity index (χ4n) is 5.66. The summed E-state index contributed by atoms with van der Waals surface area (Å²) in [5.74, 6) is 3.36. The van der Waals surface area contributed by atoms with Crippen LogP contribution in [-0.2, 0) is 15.5 Å². The number of halogens is 1. The molecular formula is C28H37FN6O2S. The summed E-state index contributed by atoms with van der Waals surface area (Å²) in [6, 6.07) is 8.27. The van der Waals surface area contributed by atoms with E-state index in [-0.39, 0.29) is 6.54 Å². The van der Waals surface area contributed by atoms with Crippen LogP contribution in [0, 0.1) is 5.92 Å². The average Bonchev–Trinajstić information content (AvgIpc) is 2.84. The van der Waals surface area contributed by atoms with Crippen LogP contribution in [0.15, 0.2) is 36.7 Å². The summed E-state index contributed by atoms with van der Waals surface area (Å²) in [5.41, 5.74) is 0.946. The molecule has 0 radical (unpaired) electrons. The van der Waals surface area contributed by atoms with Gasteiger partial charge in [0.25, 0.3) is 0 Å². The molecular weight excluding hydrogens is 503 g/mol. The van der Waals surface area contributed by atoms with Crippen molar-refractivity contribution in [3.8, 4) is 0 Å². The third kappa shape index (κ3) is 5.47. The predicted octanol–water partition coefficient (Wildman–Crippen LogP) is 4.66. The molecule has 2 aliphatic heterocycles. The maximum atomic E-state index is 15.1. The summed E-state index contributed by atoms with van der Waals surface area (Å²) in [5, 5.41) is 5.60. The molecule has 2 fully saturated rings. The van der Waals surface area contributed by atoms with Crippen molar-refractivity contribution in [2.75, 3.05) is 60.4 Å². The van der Waals surface area contributed by atoms with Gasteiger partial charge in [-0.3, -0.25) is 4.21 Å². The lowest BCUT2D eigenvalue weighted by Crippen LogP contribution is -2.53. The van der Waals surface area contributed by atoms with Gasteiger partial charge in [-0.15, -0.1) is 0 Å². The van der Waals surface area contributed by atoms with Gasteiger partial charge in [-0.25, -0.2) is 14.4 Å². The van der Waals surface area contributed by atoms with Crippen molar-refractivity contribution in [1.29, 1.82) is 0 Å². The molecule has 0 spiro atoms. The van der Waals surface area contributed by atoms with Gasteiger partial charge >= 0.3 is 0 Å². The lowest BCUT2D eigenvalue weighted by molar-refractivity contribution is -0.0381. The third-order valence-electron chi connectivity index (χ3n) is 7.60. The summed E-state index contributed by atoms with van der Waals surface area (Å²) >= 11 is 0. The van der Waals surface area contributed by atoms with Crippen LogP contribution in [0.4, 0.5) is 27.7 Å². The highest BCUT2D eigenvalue weighted by Gasteiger charge is 2.41. The van der Waals surface area contributed by atoms with Gasteiger partial charge in [0.1, 0.15) is 11.6 Å². The Morgan fingerprint density at radius 2 is 1.97 bits per heavy atom. The first-order valence-electron chi connectivity index (χ1n) is 13.2. The van der Waals surface area contributed by atoms with Crippen LogP contribution in [-0.4, -0.2) is 76.2 Å². The van der Waals surface area contributed by atoms with Crippen LogP contribution < -0.4 is 15.1 Å². The van der Waals surface area contributed by atoms with E-state index in [9.17, 15) is 4.21 Å². The first-order valence-corrected chi connectivity index (χ1v) is 14.9. The summed E-state index contributed by atoms with van der Waals surface area (Å²) < 4.78 is 32.0. The molecule has 2 aliphatic rings. The van der Waals surface area contributed by atoms with E-state index >= 15 is 4.39 Å². The number of fused-ring (bicyclic) bond motifs is 1. The Morgan fingerprint density at radius 1 is 1.18 bits per heavy atom. The number of nitrogens with zero attached hydrogens (tertiary/aromatic N) is 5. The van der Waals surface area contributed by atoms with Gasteiger partial charge in [-0.05, 0) is 48.4 Å². The fraction of sp³-hybridized carbons (Fsp3) is 0.536. The standard InChI is InChI=1S/C28H37FN6O2S/c1-18(2)20-6-7-23(35-14-19(15-35)16-38(5)36)22-13-31-26(12-21(20)22)32-25-8-10-30-27(33-25)34-11-9-24(37-4)28(3,29)17-34/h6-8,10,12-13,18-19,24H,9,11,14-17H2,1-5H3,(H,30,31,32,33)/t24-,28+,38+/m1/s1. The summed E-state index contributed by atoms with van der Waals surface area (Å²) in [4.78, 5) is 18.0. The van der Waals surface area contributed by atoms with E-state index in [0.717, 1.165) is 29.6 Å². The maximum absolute atomic E-state index is 15.1. The molecule has 0 bridgehead atoms. The highest BCUT2D eigenvalue weighted by Crippen LogP contribution is 2.37. The normalized spacial score (nSPS) is 23.1. The Hall–Kier alpha value is -2.85. The molecule has 5 rings (SSSR count). The van der Waals surface area contributed by atoms with Crippen molar-refractivity contribution < 1.29 is 13.3 Å². The number of ether oxygens (including phenoxy) is 1. The van der Waals surface area contributed by atoms with Crippen LogP contribution in [0.25, 0.3) is 10.8 Å². The summed E-state index contributed by atoms with van der Waals surface area (Å²) in [6.07, 6.45) is 5.53. The smallest absolute Gasteiger partial charge is 0.227 e. The van der Waals surface area contributed by atoms with Crippen molar-refractivity contribution in [1.82, 2.24) is 15.0 Å². The first kappa shape index (κ1) is 26.7. The van der Waals surface area contributed by atoms with Gasteiger partial charge < -0.3 is 19.9 Å². The molecule has 0 amide bonds. The molecule has 1 aromatic carbocycles. The number of nitrogens with one attached hydrogen (secondary N) is 1. The molecule has 10 heteroatoms. The number of pyridine rings is 1. The van der Waals surface area contributed by atoms with Gasteiger partial charge in [0.2, 0.25) is 5.95 Å². The van der Waals surface area contributed by atoms with Gasteiger partial charge in [0, 0.05) is 78.9 Å². The number of benzene rings is 1. The Kier molecular flexibility index (Phi) is 7.55. The van der Waals surface area contributed by atoms with Crippen LogP contribution in [0.1, 0.15) is 38.7 Å². The number of alkyl halides is 1. The second kappa shape index (κ2) is 10.7. The monoisotopic (exact) mass is 540 g/mol. The van der Waals surface area contributed by atoms with Crippen LogP contribution in [0.2, 0.25) is 0 Å². The van der Waals surface area contributed by atoms with Crippen LogP contribution >= 0.6 is 0 Å². The number of piperidine rings is 1. The number of rotatable bonds is 8. The zero-order valence-electron chi connectivity index (χ0n) is 22.8. The van der Waals surface area contributed by atoms with E-state index in [1.165, 1.54) is 11.3 Å². The molecule has 3 atom stereocenters. The number of hydrogen-bond acceptors (Lipinski definition) is 8. The van der Waals surface area contributed by atoms with Gasteiger partial charge in [0.05, 0.1) is 12.6 Å². The second-order valence-corrected chi connectivity index (χ2v) is 12.5. The SMILES string of the molecule is CO[C@@H]1CCN(c2nccc(Nc3cc4c(C(C)C)ccc(N5CC(C[S@](C)=O)C5)c4cn3)n2)C[C@]1(C)F. The highest BCUT2D eigenvalue weighted by molar-refractivity contribution is 7.84. The maximum Gasteiger partial charge on any atom is 0.227 e. The van der Waals surface area contributed by atoms with Crippen molar-refractivity contribution in [3.63, 3.8) is 0 Å². The van der Waals surface area contributed by atoms with E-state index in [0.29, 0.717) is 42.4 Å². The molecule has 0 unspecified atom stereocenters. The quantitative estimate of drug-likeness (QED) is 0.442. The summed E-state index contributed by atoms with van der Waals surface area (Å²) in [7, 11) is 0.785. The van der Waals surface area contributed by atoms with Crippen molar-refractivity contribution >= 4 is 44.8 Å². The zero-order valence-corrected chi connectivity index (χ0v) is 23.6. The molecule has 3 aromatic rings. The van der Waals surface area contributed by atoms with E-state index in [1.807, 2.05) is 11.1 Å². The Morgan fingerprint density at radius 3 is 2.66 bits per heavy atom. The Balaban J connectivity index is 1.38. The van der Waals surface area contributed by atoms with Crippen LogP contribution in [0.3, 0.4) is 0 Å². The largest absolute Gasteiger partial charge is 0.378 e. The van der Waals surface area contributed by atoms with Crippen molar-refractivity contribution in [3.05, 3.63) is 42.2 Å². The van der Waals surface area contributed by atoms with Gasteiger partial charge in [0.15, 0.2) is 5.67 Å². The highest BCUT2D eigenvalue weighted by atomic mass is 32.2. The number of anilines is 4. The van der Waals surface area contributed by atoms with E-state index in [1.54, 1.807) is 32.6 Å². The topological polar surface area (TPSA) is 83.5 Å². The lowest BCUT2D eigenvalue weighted by atomic mass is 9.93. The molecule has 0 aliphatic carbocycles. The van der Waals surface area contributed by atoms with Gasteiger partial charge in [-0.1, -0.05) is 19.9 Å². The number of methoxy groups -OCH3 is 1. The Labute approximate surface area is 226 Å². The second-order valence-electron chi connectivity index (χ2n) is 11.0. The van der Waals surface area contributed by atoms with Crippen molar-refractivity contribution in [2.45, 2.75) is 44.9 Å². The molecule has 8 nitrogen and oxygen atoms in total. The average molecular weight is 541 g/mol. The fourth-order valence-corrected chi connectivity index (χ4v) is 6.54. The lowest BCUT2D eigenvalue weighted by Gasteiger charge is -2.41. The molecule has 2 saturated heterocycles. The number of aromatic nitrogens is 3. The zero-order chi connectivity index (χ0) is 27.0. The molecule has 1 N–H and O–H groups in total. The third-order valence-corrected chi connectivity index (χ3v) is 8.54. The van der Waals surface area contributed by atoms with E-state index < -0.39 is 22.6 Å². The van der Waals surface area contributed by atoms with Gasteiger partial charge in [-0.2, -0.15) is 4.98 Å². The molecule has 4 heterocycles. The van der Waals surface area contributed by atoms with Crippen molar-refractivity contribution in [2.24, 2.45) is 5.92 Å². The molecule has 2 aromatic heterocycles. The Bertz CT molecular complexity index is 1330. The van der Waals surface area contributed by atoms with E-state index in [4.69, 9.17) is 9.72 Å². The first-order chi connectivity index (χ1) is 18.1. The minimum Gasteiger partial charge on any atom is -0.378 e. The molecule has 204 valence electrons. The minimum absolute atomic E-state index is 0.176. The molecule has 38 heavy (non-hydrogen) atoms.